The van der Waals surface area contributed by atoms with Crippen molar-refractivity contribution >= 4 is 23.1 Å². The second-order valence-corrected chi connectivity index (χ2v) is 5.74. The van der Waals surface area contributed by atoms with Crippen molar-refractivity contribution in [2.75, 3.05) is 16.4 Å². The number of rotatable bonds is 5. The minimum absolute atomic E-state index is 0.231. The lowest BCUT2D eigenvalue weighted by atomic mass is 10.2. The van der Waals surface area contributed by atoms with E-state index in [2.05, 4.69) is 20.7 Å². The normalized spacial score (nSPS) is 10.5. The number of carbonyl (C=O) groups excluding carboxylic acids is 1. The molecule has 0 spiro atoms. The Morgan fingerprint density at radius 2 is 2.08 bits per heavy atom. The van der Waals surface area contributed by atoms with Crippen LogP contribution in [0.3, 0.4) is 0 Å². The highest BCUT2D eigenvalue weighted by molar-refractivity contribution is 6.02. The molecule has 2 aromatic heterocycles. The van der Waals surface area contributed by atoms with E-state index >= 15 is 0 Å². The summed E-state index contributed by atoms with van der Waals surface area (Å²) in [4.78, 5) is 16.3. The monoisotopic (exact) mass is 336 g/mol. The number of hydrogen-bond donors (Lipinski definition) is 3. The van der Waals surface area contributed by atoms with Crippen LogP contribution in [0.1, 0.15) is 21.7 Å². The van der Waals surface area contributed by atoms with Crippen LogP contribution in [0, 0.1) is 6.92 Å². The predicted molar refractivity (Wildman–Crippen MR) is 98.3 cm³/mol. The molecule has 0 aliphatic rings. The molecule has 2 heterocycles. The van der Waals surface area contributed by atoms with Gasteiger partial charge in [-0.15, -0.1) is 0 Å². The van der Waals surface area contributed by atoms with E-state index in [4.69, 9.17) is 5.73 Å². The van der Waals surface area contributed by atoms with E-state index in [1.807, 2.05) is 50.4 Å². The molecule has 7 nitrogen and oxygen atoms in total. The van der Waals surface area contributed by atoms with Crippen LogP contribution in [0.15, 0.2) is 48.7 Å². The summed E-state index contributed by atoms with van der Waals surface area (Å²) >= 11 is 0. The molecule has 128 valence electrons. The first-order chi connectivity index (χ1) is 12.0. The fourth-order valence-electron chi connectivity index (χ4n) is 2.39. The summed E-state index contributed by atoms with van der Waals surface area (Å²) in [5.41, 5.74) is 9.65. The van der Waals surface area contributed by atoms with Crippen LogP contribution in [-0.4, -0.2) is 20.7 Å². The molecule has 1 amide bonds. The third kappa shape index (κ3) is 3.95. The lowest BCUT2D eigenvalue weighted by Crippen LogP contribution is -2.13. The third-order valence-electron chi connectivity index (χ3n) is 3.85. The number of aryl methyl sites for hydroxylation is 2. The molecule has 3 rings (SSSR count). The number of anilines is 3. The number of amides is 1. The van der Waals surface area contributed by atoms with Crippen LogP contribution in [0.5, 0.6) is 0 Å². The van der Waals surface area contributed by atoms with E-state index in [-0.39, 0.29) is 5.91 Å². The molecular formula is C18H20N6O. The largest absolute Gasteiger partial charge is 0.382 e. The Bertz CT molecular complexity index is 883. The second kappa shape index (κ2) is 7.04. The number of nitrogen functional groups attached to an aromatic ring is 1. The van der Waals surface area contributed by atoms with Crippen molar-refractivity contribution in [1.82, 2.24) is 14.8 Å². The maximum Gasteiger partial charge on any atom is 0.276 e. The molecule has 0 unspecified atom stereocenters. The Morgan fingerprint density at radius 3 is 2.80 bits per heavy atom. The average molecular weight is 336 g/mol. The molecule has 0 aliphatic carbocycles. The Labute approximate surface area is 145 Å². The Kier molecular flexibility index (Phi) is 4.65. The summed E-state index contributed by atoms with van der Waals surface area (Å²) < 4.78 is 1.67. The lowest BCUT2D eigenvalue weighted by Gasteiger charge is -2.10. The van der Waals surface area contributed by atoms with Crippen LogP contribution in [-0.2, 0) is 13.6 Å². The van der Waals surface area contributed by atoms with Crippen molar-refractivity contribution in [2.45, 2.75) is 13.5 Å². The molecular weight excluding hydrogens is 316 g/mol. The average Bonchev–Trinajstić information content (AvgIpc) is 2.94. The highest BCUT2D eigenvalue weighted by atomic mass is 16.1. The van der Waals surface area contributed by atoms with Gasteiger partial charge in [0.2, 0.25) is 0 Å². The molecule has 25 heavy (non-hydrogen) atoms. The zero-order chi connectivity index (χ0) is 17.8. The Balaban J connectivity index is 1.67. The van der Waals surface area contributed by atoms with Crippen LogP contribution in [0.25, 0.3) is 0 Å². The Morgan fingerprint density at radius 1 is 1.24 bits per heavy atom. The summed E-state index contributed by atoms with van der Waals surface area (Å²) in [6, 6.07) is 13.1. The highest BCUT2D eigenvalue weighted by Crippen LogP contribution is 2.17. The summed E-state index contributed by atoms with van der Waals surface area (Å²) in [5.74, 6) is 0.225. The first-order valence-corrected chi connectivity index (χ1v) is 7.88. The fraction of sp³-hybridized carbons (Fsp3) is 0.167. The van der Waals surface area contributed by atoms with Crippen molar-refractivity contribution in [3.05, 3.63) is 65.6 Å². The molecule has 0 radical (unpaired) electrons. The van der Waals surface area contributed by atoms with Gasteiger partial charge in [0.05, 0.1) is 5.69 Å². The van der Waals surface area contributed by atoms with Crippen LogP contribution in [0.4, 0.5) is 17.2 Å². The SMILES string of the molecule is Cc1cc(C(=O)Nc2cccc(CNc3cccnc3N)c2)nn1C. The molecule has 1 aromatic carbocycles. The topological polar surface area (TPSA) is 97.9 Å². The number of hydrogen-bond acceptors (Lipinski definition) is 5. The minimum atomic E-state index is -0.231. The summed E-state index contributed by atoms with van der Waals surface area (Å²) in [6.45, 7) is 2.47. The van der Waals surface area contributed by atoms with Gasteiger partial charge < -0.3 is 16.4 Å². The molecule has 7 heteroatoms. The van der Waals surface area contributed by atoms with Crippen molar-refractivity contribution in [3.63, 3.8) is 0 Å². The van der Waals surface area contributed by atoms with Gasteiger partial charge >= 0.3 is 0 Å². The van der Waals surface area contributed by atoms with Gasteiger partial charge in [0.25, 0.3) is 5.91 Å². The maximum atomic E-state index is 12.3. The van der Waals surface area contributed by atoms with Crippen LogP contribution >= 0.6 is 0 Å². The van der Waals surface area contributed by atoms with Gasteiger partial charge in [0.1, 0.15) is 5.82 Å². The molecule has 0 fully saturated rings. The zero-order valence-corrected chi connectivity index (χ0v) is 14.2. The van der Waals surface area contributed by atoms with Gasteiger partial charge in [-0.1, -0.05) is 12.1 Å². The predicted octanol–water partition coefficient (Wildman–Crippen LogP) is 2.57. The van der Waals surface area contributed by atoms with Gasteiger partial charge in [-0.2, -0.15) is 5.10 Å². The van der Waals surface area contributed by atoms with Gasteiger partial charge in [0, 0.05) is 31.2 Å². The summed E-state index contributed by atoms with van der Waals surface area (Å²) in [7, 11) is 1.81. The first kappa shape index (κ1) is 16.5. The standard InChI is InChI=1S/C18H20N6O/c1-12-9-16(23-24(12)2)18(25)22-14-6-3-5-13(10-14)11-21-15-7-4-8-20-17(15)19/h3-10,21H,11H2,1-2H3,(H2,19,20)(H,22,25). The third-order valence-corrected chi connectivity index (χ3v) is 3.85. The van der Waals surface area contributed by atoms with Crippen LogP contribution in [0.2, 0.25) is 0 Å². The van der Waals surface area contributed by atoms with Gasteiger partial charge in [-0.25, -0.2) is 4.98 Å². The Hall–Kier alpha value is -3.35. The number of nitrogens with zero attached hydrogens (tertiary/aromatic N) is 3. The molecule has 0 saturated heterocycles. The first-order valence-electron chi connectivity index (χ1n) is 7.88. The highest BCUT2D eigenvalue weighted by Gasteiger charge is 2.11. The zero-order valence-electron chi connectivity index (χ0n) is 14.2. The van der Waals surface area contributed by atoms with Crippen LogP contribution < -0.4 is 16.4 Å². The minimum Gasteiger partial charge on any atom is -0.382 e. The molecule has 4 N–H and O–H groups in total. The number of carbonyl (C=O) groups is 1. The van der Waals surface area contributed by atoms with E-state index in [9.17, 15) is 4.79 Å². The summed E-state index contributed by atoms with van der Waals surface area (Å²) in [5, 5.41) is 10.3. The molecule has 0 saturated carbocycles. The quantitative estimate of drug-likeness (QED) is 0.665. The molecule has 0 aliphatic heterocycles. The number of aromatic nitrogens is 3. The fourth-order valence-corrected chi connectivity index (χ4v) is 2.39. The van der Waals surface area contributed by atoms with Gasteiger partial charge in [0.15, 0.2) is 5.69 Å². The maximum absolute atomic E-state index is 12.3. The van der Waals surface area contributed by atoms with Crippen molar-refractivity contribution < 1.29 is 4.79 Å². The van der Waals surface area contributed by atoms with Crippen molar-refractivity contribution in [1.29, 1.82) is 0 Å². The number of benzene rings is 1. The lowest BCUT2D eigenvalue weighted by molar-refractivity contribution is 0.102. The number of nitrogens with two attached hydrogens (primary N) is 1. The molecule has 0 bridgehead atoms. The van der Waals surface area contributed by atoms with E-state index in [0.29, 0.717) is 23.7 Å². The smallest absolute Gasteiger partial charge is 0.276 e. The number of nitrogens with one attached hydrogen (secondary N) is 2. The van der Waals surface area contributed by atoms with Crippen molar-refractivity contribution in [3.8, 4) is 0 Å². The second-order valence-electron chi connectivity index (χ2n) is 5.74. The molecule has 0 atom stereocenters. The van der Waals surface area contributed by atoms with Crippen molar-refractivity contribution in [2.24, 2.45) is 7.05 Å². The van der Waals surface area contributed by atoms with E-state index in [1.165, 1.54) is 0 Å². The number of pyridine rings is 1. The van der Waals surface area contributed by atoms with E-state index in [1.54, 1.807) is 16.9 Å². The van der Waals surface area contributed by atoms with E-state index in [0.717, 1.165) is 16.9 Å². The molecule has 3 aromatic rings. The summed E-state index contributed by atoms with van der Waals surface area (Å²) in [6.07, 6.45) is 1.65. The van der Waals surface area contributed by atoms with Gasteiger partial charge in [-0.05, 0) is 42.8 Å². The van der Waals surface area contributed by atoms with Gasteiger partial charge in [-0.3, -0.25) is 9.48 Å². The van der Waals surface area contributed by atoms with E-state index < -0.39 is 0 Å².